The standard InChI is InChI=1S/C28H35N3/c1-6-21(2)23-14-18-26(19-15-23)31(27(29)30-25-10-8-7-9-11-25)20-22-12-16-24(17-13-22)28(3,4)5/h7-19,21H,6,20H2,1-5H3,(H2,29,30). The van der Waals surface area contributed by atoms with E-state index in [-0.39, 0.29) is 5.41 Å². The van der Waals surface area contributed by atoms with E-state index in [2.05, 4.69) is 88.5 Å². The molecule has 0 aliphatic carbocycles. The van der Waals surface area contributed by atoms with Gasteiger partial charge in [0.05, 0.1) is 6.54 Å². The molecule has 3 heteroatoms. The summed E-state index contributed by atoms with van der Waals surface area (Å²) in [4.78, 5) is 2.03. The largest absolute Gasteiger partial charge is 0.326 e. The third kappa shape index (κ3) is 5.97. The van der Waals surface area contributed by atoms with Gasteiger partial charge in [0, 0.05) is 11.4 Å². The SMILES string of the molecule is CCC(C)c1ccc(N(Cc2ccc(C(C)(C)C)cc2)C(=N)Nc2ccccc2)cc1. The second kappa shape index (κ2) is 9.82. The maximum absolute atomic E-state index is 8.80. The van der Waals surface area contributed by atoms with Crippen LogP contribution in [0.4, 0.5) is 11.4 Å². The Morgan fingerprint density at radius 2 is 1.52 bits per heavy atom. The van der Waals surface area contributed by atoms with Crippen molar-refractivity contribution in [2.75, 3.05) is 10.2 Å². The van der Waals surface area contributed by atoms with Crippen molar-refractivity contribution in [2.45, 2.75) is 58.9 Å². The Labute approximate surface area is 187 Å². The summed E-state index contributed by atoms with van der Waals surface area (Å²) >= 11 is 0. The quantitative estimate of drug-likeness (QED) is 0.323. The van der Waals surface area contributed by atoms with Crippen molar-refractivity contribution in [3.8, 4) is 0 Å². The molecule has 3 nitrogen and oxygen atoms in total. The van der Waals surface area contributed by atoms with Gasteiger partial charge in [0.2, 0.25) is 0 Å². The summed E-state index contributed by atoms with van der Waals surface area (Å²) in [5, 5.41) is 12.1. The van der Waals surface area contributed by atoms with Crippen molar-refractivity contribution in [1.82, 2.24) is 0 Å². The van der Waals surface area contributed by atoms with Gasteiger partial charge in [0.1, 0.15) is 0 Å². The molecule has 0 aliphatic heterocycles. The van der Waals surface area contributed by atoms with Crippen molar-refractivity contribution in [2.24, 2.45) is 0 Å². The summed E-state index contributed by atoms with van der Waals surface area (Å²) in [6.07, 6.45) is 1.12. The number of nitrogens with one attached hydrogen (secondary N) is 2. The van der Waals surface area contributed by atoms with Gasteiger partial charge in [-0.05, 0) is 58.7 Å². The van der Waals surface area contributed by atoms with Crippen LogP contribution in [-0.4, -0.2) is 5.96 Å². The lowest BCUT2D eigenvalue weighted by Crippen LogP contribution is -2.35. The van der Waals surface area contributed by atoms with Gasteiger partial charge < -0.3 is 10.2 Å². The fourth-order valence-electron chi connectivity index (χ4n) is 3.54. The minimum Gasteiger partial charge on any atom is -0.326 e. The molecule has 0 spiro atoms. The normalized spacial score (nSPS) is 12.3. The van der Waals surface area contributed by atoms with E-state index >= 15 is 0 Å². The van der Waals surface area contributed by atoms with Crippen LogP contribution in [0.2, 0.25) is 0 Å². The second-order valence-corrected chi connectivity index (χ2v) is 9.27. The third-order valence-electron chi connectivity index (χ3n) is 5.85. The highest BCUT2D eigenvalue weighted by atomic mass is 15.3. The zero-order valence-corrected chi connectivity index (χ0v) is 19.4. The van der Waals surface area contributed by atoms with Gasteiger partial charge in [0.25, 0.3) is 0 Å². The lowest BCUT2D eigenvalue weighted by molar-refractivity contribution is 0.590. The van der Waals surface area contributed by atoms with Gasteiger partial charge in [-0.25, -0.2) is 0 Å². The molecule has 0 aromatic heterocycles. The molecule has 1 unspecified atom stereocenters. The number of guanidine groups is 1. The maximum atomic E-state index is 8.80. The summed E-state index contributed by atoms with van der Waals surface area (Å²) in [7, 11) is 0. The number of anilines is 2. The number of nitrogens with zero attached hydrogens (tertiary/aromatic N) is 1. The molecule has 2 N–H and O–H groups in total. The minimum atomic E-state index is 0.131. The molecule has 0 bridgehead atoms. The first kappa shape index (κ1) is 22.6. The molecule has 0 saturated heterocycles. The van der Waals surface area contributed by atoms with Crippen LogP contribution in [0.15, 0.2) is 78.9 Å². The smallest absolute Gasteiger partial charge is 0.200 e. The van der Waals surface area contributed by atoms with E-state index in [9.17, 15) is 0 Å². The fourth-order valence-corrected chi connectivity index (χ4v) is 3.54. The van der Waals surface area contributed by atoms with E-state index in [4.69, 9.17) is 5.41 Å². The minimum absolute atomic E-state index is 0.131. The molecular formula is C28H35N3. The molecule has 0 radical (unpaired) electrons. The molecule has 0 fully saturated rings. The van der Waals surface area contributed by atoms with Gasteiger partial charge in [-0.3, -0.25) is 5.41 Å². The zero-order chi connectivity index (χ0) is 22.4. The first-order valence-corrected chi connectivity index (χ1v) is 11.2. The van der Waals surface area contributed by atoms with Gasteiger partial charge >= 0.3 is 0 Å². The topological polar surface area (TPSA) is 39.1 Å². The summed E-state index contributed by atoms with van der Waals surface area (Å²) < 4.78 is 0. The molecular weight excluding hydrogens is 378 g/mol. The van der Waals surface area contributed by atoms with E-state index in [1.807, 2.05) is 35.2 Å². The molecule has 0 aliphatic rings. The molecule has 0 heterocycles. The van der Waals surface area contributed by atoms with Crippen LogP contribution in [0.5, 0.6) is 0 Å². The number of para-hydroxylation sites is 1. The highest BCUT2D eigenvalue weighted by Crippen LogP contribution is 2.26. The summed E-state index contributed by atoms with van der Waals surface area (Å²) in [6.45, 7) is 11.8. The predicted molar refractivity (Wildman–Crippen MR) is 134 cm³/mol. The fraction of sp³-hybridized carbons (Fsp3) is 0.321. The molecule has 3 aromatic rings. The van der Waals surface area contributed by atoms with Crippen LogP contribution in [0.3, 0.4) is 0 Å². The predicted octanol–water partition coefficient (Wildman–Crippen LogP) is 7.55. The number of hydrogen-bond donors (Lipinski definition) is 2. The highest BCUT2D eigenvalue weighted by Gasteiger charge is 2.16. The van der Waals surface area contributed by atoms with E-state index in [1.54, 1.807) is 0 Å². The van der Waals surface area contributed by atoms with Crippen LogP contribution in [0.1, 0.15) is 63.6 Å². The van der Waals surface area contributed by atoms with Crippen molar-refractivity contribution in [3.05, 3.63) is 95.6 Å². The van der Waals surface area contributed by atoms with Crippen molar-refractivity contribution in [3.63, 3.8) is 0 Å². The van der Waals surface area contributed by atoms with Crippen LogP contribution >= 0.6 is 0 Å². The van der Waals surface area contributed by atoms with Crippen LogP contribution in [0.25, 0.3) is 0 Å². The molecule has 0 saturated carbocycles. The van der Waals surface area contributed by atoms with E-state index in [0.717, 1.165) is 17.8 Å². The average molecular weight is 414 g/mol. The Kier molecular flexibility index (Phi) is 7.17. The van der Waals surface area contributed by atoms with Crippen molar-refractivity contribution in [1.29, 1.82) is 5.41 Å². The molecule has 3 rings (SSSR count). The van der Waals surface area contributed by atoms with E-state index in [1.165, 1.54) is 16.7 Å². The Balaban J connectivity index is 1.87. The summed E-state index contributed by atoms with van der Waals surface area (Å²) in [5.41, 5.74) is 5.89. The van der Waals surface area contributed by atoms with Gasteiger partial charge in [0.15, 0.2) is 5.96 Å². The van der Waals surface area contributed by atoms with Crippen LogP contribution in [0, 0.1) is 5.41 Å². The number of rotatable bonds is 6. The molecule has 0 amide bonds. The molecule has 162 valence electrons. The zero-order valence-electron chi connectivity index (χ0n) is 19.4. The lowest BCUT2D eigenvalue weighted by Gasteiger charge is -2.27. The summed E-state index contributed by atoms with van der Waals surface area (Å²) in [5.74, 6) is 0.900. The Morgan fingerprint density at radius 3 is 2.06 bits per heavy atom. The van der Waals surface area contributed by atoms with E-state index in [0.29, 0.717) is 18.4 Å². The Bertz CT molecular complexity index is 968. The lowest BCUT2D eigenvalue weighted by atomic mass is 9.87. The molecule has 31 heavy (non-hydrogen) atoms. The van der Waals surface area contributed by atoms with Crippen LogP contribution in [-0.2, 0) is 12.0 Å². The van der Waals surface area contributed by atoms with Crippen LogP contribution < -0.4 is 10.2 Å². The average Bonchev–Trinajstić information content (AvgIpc) is 2.77. The third-order valence-corrected chi connectivity index (χ3v) is 5.85. The monoisotopic (exact) mass is 413 g/mol. The van der Waals surface area contributed by atoms with Crippen molar-refractivity contribution >= 4 is 17.3 Å². The Hall–Kier alpha value is -3.07. The Morgan fingerprint density at radius 1 is 0.903 bits per heavy atom. The first-order chi connectivity index (χ1) is 14.8. The maximum Gasteiger partial charge on any atom is 0.200 e. The number of hydrogen-bond acceptors (Lipinski definition) is 1. The number of benzene rings is 3. The van der Waals surface area contributed by atoms with Crippen molar-refractivity contribution < 1.29 is 0 Å². The van der Waals surface area contributed by atoms with Gasteiger partial charge in [-0.2, -0.15) is 0 Å². The summed E-state index contributed by atoms with van der Waals surface area (Å²) in [6, 6.07) is 27.3. The second-order valence-electron chi connectivity index (χ2n) is 9.27. The van der Waals surface area contributed by atoms with E-state index < -0.39 is 0 Å². The molecule has 3 aromatic carbocycles. The first-order valence-electron chi connectivity index (χ1n) is 11.2. The molecule has 1 atom stereocenters. The van der Waals surface area contributed by atoms with Gasteiger partial charge in [-0.15, -0.1) is 0 Å². The highest BCUT2D eigenvalue weighted by molar-refractivity contribution is 6.03. The van der Waals surface area contributed by atoms with Gasteiger partial charge in [-0.1, -0.05) is 89.2 Å².